The summed E-state index contributed by atoms with van der Waals surface area (Å²) in [6.07, 6.45) is 0.0758. The first kappa shape index (κ1) is 15.0. The largest absolute Gasteiger partial charge is 0.493 e. The highest BCUT2D eigenvalue weighted by molar-refractivity contribution is 5.67. The van der Waals surface area contributed by atoms with Crippen LogP contribution in [0.4, 0.5) is 0 Å². The van der Waals surface area contributed by atoms with E-state index >= 15 is 0 Å². The molecular weight excluding hydrogens is 272 g/mol. The Morgan fingerprint density at radius 1 is 1.43 bits per heavy atom. The third-order valence-corrected chi connectivity index (χ3v) is 2.97. The Morgan fingerprint density at radius 2 is 2.19 bits per heavy atom. The normalized spacial score (nSPS) is 12.1. The second-order valence-electron chi connectivity index (χ2n) is 4.82. The summed E-state index contributed by atoms with van der Waals surface area (Å²) in [5.41, 5.74) is 0.798. The van der Waals surface area contributed by atoms with Crippen molar-refractivity contribution in [2.24, 2.45) is 5.92 Å². The molecule has 0 aliphatic heterocycles. The van der Waals surface area contributed by atoms with E-state index in [2.05, 4.69) is 15.5 Å². The number of nitrogens with zero attached hydrogens (tertiary/aromatic N) is 4. The lowest BCUT2D eigenvalue weighted by molar-refractivity contribution is -0.138. The Labute approximate surface area is 122 Å². The quantitative estimate of drug-likeness (QED) is 0.837. The fourth-order valence-electron chi connectivity index (χ4n) is 2.11. The van der Waals surface area contributed by atoms with Crippen LogP contribution in [0.3, 0.4) is 0 Å². The van der Waals surface area contributed by atoms with Crippen molar-refractivity contribution in [2.75, 3.05) is 6.61 Å². The number of carboxylic acid groups (broad SMARTS) is 1. The highest BCUT2D eigenvalue weighted by Crippen LogP contribution is 2.28. The molecule has 1 aromatic carbocycles. The molecule has 0 aliphatic rings. The van der Waals surface area contributed by atoms with E-state index in [1.54, 1.807) is 4.68 Å². The van der Waals surface area contributed by atoms with Crippen molar-refractivity contribution in [3.63, 3.8) is 0 Å². The molecule has 1 heterocycles. The molecule has 0 saturated carbocycles. The van der Waals surface area contributed by atoms with Crippen molar-refractivity contribution >= 4 is 5.97 Å². The van der Waals surface area contributed by atoms with Crippen LogP contribution in [0.2, 0.25) is 0 Å². The Bertz CT molecular complexity index is 612. The van der Waals surface area contributed by atoms with E-state index in [1.807, 2.05) is 38.1 Å². The Balaban J connectivity index is 2.26. The third kappa shape index (κ3) is 3.77. The van der Waals surface area contributed by atoms with Crippen LogP contribution in [0.25, 0.3) is 11.4 Å². The third-order valence-electron chi connectivity index (χ3n) is 2.97. The summed E-state index contributed by atoms with van der Waals surface area (Å²) in [4.78, 5) is 10.8. The number of rotatable bonds is 7. The molecular formula is C14H18N4O3. The van der Waals surface area contributed by atoms with E-state index in [9.17, 15) is 4.79 Å². The van der Waals surface area contributed by atoms with Gasteiger partial charge in [0.2, 0.25) is 0 Å². The van der Waals surface area contributed by atoms with Crippen molar-refractivity contribution in [2.45, 2.75) is 26.8 Å². The molecule has 2 aromatic rings. The zero-order valence-electron chi connectivity index (χ0n) is 12.1. The Hall–Kier alpha value is -2.44. The molecule has 1 atom stereocenters. The SMILES string of the molecule is CCOc1ccccc1-c1nnnn1CC(C)CC(=O)O. The van der Waals surface area contributed by atoms with E-state index in [4.69, 9.17) is 9.84 Å². The maximum atomic E-state index is 10.8. The molecule has 1 aromatic heterocycles. The number of para-hydroxylation sites is 1. The smallest absolute Gasteiger partial charge is 0.303 e. The molecule has 112 valence electrons. The number of hydrogen-bond acceptors (Lipinski definition) is 5. The lowest BCUT2D eigenvalue weighted by atomic mass is 10.1. The van der Waals surface area contributed by atoms with E-state index in [0.717, 1.165) is 5.56 Å². The maximum absolute atomic E-state index is 10.8. The fraction of sp³-hybridized carbons (Fsp3) is 0.429. The van der Waals surface area contributed by atoms with Gasteiger partial charge in [0.05, 0.1) is 12.2 Å². The molecule has 1 N–H and O–H groups in total. The molecule has 7 heteroatoms. The van der Waals surface area contributed by atoms with Gasteiger partial charge in [-0.2, -0.15) is 0 Å². The van der Waals surface area contributed by atoms with Gasteiger partial charge in [0.1, 0.15) is 5.75 Å². The van der Waals surface area contributed by atoms with Crippen LogP contribution in [0.1, 0.15) is 20.3 Å². The van der Waals surface area contributed by atoms with E-state index in [0.29, 0.717) is 24.7 Å². The Kier molecular flexibility index (Phi) is 4.86. The minimum Gasteiger partial charge on any atom is -0.493 e. The molecule has 0 bridgehead atoms. The summed E-state index contributed by atoms with van der Waals surface area (Å²) >= 11 is 0. The summed E-state index contributed by atoms with van der Waals surface area (Å²) < 4.78 is 7.20. The van der Waals surface area contributed by atoms with Crippen molar-refractivity contribution in [3.05, 3.63) is 24.3 Å². The van der Waals surface area contributed by atoms with Crippen LogP contribution in [0.5, 0.6) is 5.75 Å². The van der Waals surface area contributed by atoms with Gasteiger partial charge in [0, 0.05) is 13.0 Å². The first-order chi connectivity index (χ1) is 10.1. The summed E-state index contributed by atoms with van der Waals surface area (Å²) in [6, 6.07) is 7.51. The summed E-state index contributed by atoms with van der Waals surface area (Å²) in [7, 11) is 0. The van der Waals surface area contributed by atoms with Gasteiger partial charge in [0.25, 0.3) is 0 Å². The van der Waals surface area contributed by atoms with Crippen molar-refractivity contribution in [1.29, 1.82) is 0 Å². The predicted molar refractivity (Wildman–Crippen MR) is 75.8 cm³/mol. The Morgan fingerprint density at radius 3 is 2.90 bits per heavy atom. The number of ether oxygens (including phenoxy) is 1. The average molecular weight is 290 g/mol. The van der Waals surface area contributed by atoms with Gasteiger partial charge >= 0.3 is 5.97 Å². The number of hydrogen-bond donors (Lipinski definition) is 1. The zero-order chi connectivity index (χ0) is 15.2. The van der Waals surface area contributed by atoms with Crippen LogP contribution in [0.15, 0.2) is 24.3 Å². The van der Waals surface area contributed by atoms with Crippen LogP contribution >= 0.6 is 0 Å². The minimum atomic E-state index is -0.827. The topological polar surface area (TPSA) is 90.1 Å². The van der Waals surface area contributed by atoms with E-state index < -0.39 is 5.97 Å². The molecule has 0 aliphatic carbocycles. The lowest BCUT2D eigenvalue weighted by Gasteiger charge is -2.12. The molecule has 7 nitrogen and oxygen atoms in total. The second-order valence-corrected chi connectivity index (χ2v) is 4.82. The summed E-state index contributed by atoms with van der Waals surface area (Å²) in [6.45, 7) is 4.76. The summed E-state index contributed by atoms with van der Waals surface area (Å²) in [5.74, 6) is 0.397. The number of aliphatic carboxylic acids is 1. The van der Waals surface area contributed by atoms with E-state index in [-0.39, 0.29) is 12.3 Å². The molecule has 0 amide bonds. The van der Waals surface area contributed by atoms with Gasteiger partial charge < -0.3 is 9.84 Å². The van der Waals surface area contributed by atoms with Gasteiger partial charge in [-0.3, -0.25) is 4.79 Å². The average Bonchev–Trinajstić information content (AvgIpc) is 2.86. The fourth-order valence-corrected chi connectivity index (χ4v) is 2.11. The highest BCUT2D eigenvalue weighted by atomic mass is 16.5. The molecule has 0 radical (unpaired) electrons. The van der Waals surface area contributed by atoms with Crippen LogP contribution < -0.4 is 4.74 Å². The number of carboxylic acids is 1. The molecule has 0 saturated heterocycles. The number of benzene rings is 1. The van der Waals surface area contributed by atoms with Gasteiger partial charge in [-0.05, 0) is 35.4 Å². The van der Waals surface area contributed by atoms with Crippen molar-refractivity contribution in [3.8, 4) is 17.1 Å². The first-order valence-electron chi connectivity index (χ1n) is 6.82. The molecule has 0 fully saturated rings. The van der Waals surface area contributed by atoms with Crippen LogP contribution in [-0.2, 0) is 11.3 Å². The lowest BCUT2D eigenvalue weighted by Crippen LogP contribution is -2.14. The van der Waals surface area contributed by atoms with Crippen molar-refractivity contribution in [1.82, 2.24) is 20.2 Å². The maximum Gasteiger partial charge on any atom is 0.303 e. The van der Waals surface area contributed by atoms with Crippen LogP contribution in [0, 0.1) is 5.92 Å². The monoisotopic (exact) mass is 290 g/mol. The van der Waals surface area contributed by atoms with Crippen molar-refractivity contribution < 1.29 is 14.6 Å². The molecule has 21 heavy (non-hydrogen) atoms. The zero-order valence-corrected chi connectivity index (χ0v) is 12.1. The molecule has 0 spiro atoms. The predicted octanol–water partition coefficient (Wildman–Crippen LogP) is 1.85. The second kappa shape index (κ2) is 6.83. The molecule has 2 rings (SSSR count). The van der Waals surface area contributed by atoms with E-state index in [1.165, 1.54) is 0 Å². The standard InChI is InChI=1S/C14H18N4O3/c1-3-21-12-7-5-4-6-11(12)14-15-16-17-18(14)9-10(2)8-13(19)20/h4-7,10H,3,8-9H2,1-2H3,(H,19,20). The van der Waals surface area contributed by atoms with Gasteiger partial charge in [-0.1, -0.05) is 19.1 Å². The van der Waals surface area contributed by atoms with Gasteiger partial charge in [-0.15, -0.1) is 5.10 Å². The van der Waals surface area contributed by atoms with Crippen LogP contribution in [-0.4, -0.2) is 37.9 Å². The molecule has 1 unspecified atom stereocenters. The van der Waals surface area contributed by atoms with Gasteiger partial charge in [-0.25, -0.2) is 4.68 Å². The minimum absolute atomic E-state index is 0.0657. The number of carbonyl (C=O) groups is 1. The summed E-state index contributed by atoms with van der Waals surface area (Å²) in [5, 5.41) is 20.5. The highest BCUT2D eigenvalue weighted by Gasteiger charge is 2.16. The van der Waals surface area contributed by atoms with Gasteiger partial charge in [0.15, 0.2) is 5.82 Å². The number of aromatic nitrogens is 4. The number of tetrazole rings is 1. The first-order valence-corrected chi connectivity index (χ1v) is 6.82.